The number of rotatable bonds is 2. The molecule has 1 aliphatic heterocycles. The highest BCUT2D eigenvalue weighted by atomic mass is 35.5. The lowest BCUT2D eigenvalue weighted by Crippen LogP contribution is -2.33. The van der Waals surface area contributed by atoms with Crippen molar-refractivity contribution < 1.29 is 14.3 Å². The van der Waals surface area contributed by atoms with Crippen molar-refractivity contribution >= 4 is 35.4 Å². The third-order valence-corrected chi connectivity index (χ3v) is 2.59. The molecular formula is C12H10ClNO3S. The van der Waals surface area contributed by atoms with Crippen LogP contribution < -0.4 is 5.32 Å². The molecule has 0 radical (unpaired) electrons. The number of hydrogen-bond donors (Lipinski definition) is 1. The fourth-order valence-corrected chi connectivity index (χ4v) is 1.48. The number of halogens is 1. The van der Waals surface area contributed by atoms with Crippen LogP contribution in [0.5, 0.6) is 0 Å². The Bertz CT molecular complexity index is 467. The van der Waals surface area contributed by atoms with Gasteiger partial charge in [-0.2, -0.15) is 0 Å². The highest BCUT2D eigenvalue weighted by molar-refractivity contribution is 7.99. The number of carbonyl (C=O) groups excluding carboxylic acids is 2. The summed E-state index contributed by atoms with van der Waals surface area (Å²) in [5.74, 6) is 11.7. The highest BCUT2D eigenvalue weighted by Crippen LogP contribution is 1.99. The molecule has 0 fully saturated rings. The maximum absolute atomic E-state index is 11.3. The summed E-state index contributed by atoms with van der Waals surface area (Å²) in [4.78, 5) is 22.1. The van der Waals surface area contributed by atoms with E-state index in [2.05, 4.69) is 23.7 Å². The van der Waals surface area contributed by atoms with Crippen LogP contribution in [0.15, 0.2) is 12.2 Å². The van der Waals surface area contributed by atoms with Crippen LogP contribution in [0.25, 0.3) is 0 Å². The molecule has 2 amide bonds. The second-order valence-corrected chi connectivity index (χ2v) is 4.25. The van der Waals surface area contributed by atoms with Gasteiger partial charge in [-0.15, -0.1) is 23.4 Å². The summed E-state index contributed by atoms with van der Waals surface area (Å²) in [7, 11) is 0. The molecule has 18 heavy (non-hydrogen) atoms. The number of hydrogen-bond acceptors (Lipinski definition) is 4. The summed E-state index contributed by atoms with van der Waals surface area (Å²) in [6, 6.07) is 0. The largest absolute Gasteiger partial charge is 0.428 e. The summed E-state index contributed by atoms with van der Waals surface area (Å²) in [5.41, 5.74) is 0. The van der Waals surface area contributed by atoms with E-state index in [1.165, 1.54) is 0 Å². The van der Waals surface area contributed by atoms with E-state index in [0.717, 1.165) is 5.75 Å². The number of amides is 2. The first-order valence-corrected chi connectivity index (χ1v) is 6.69. The molecule has 1 atom stereocenters. The van der Waals surface area contributed by atoms with Crippen molar-refractivity contribution in [3.8, 4) is 23.7 Å². The Morgan fingerprint density at radius 3 is 3.00 bits per heavy atom. The lowest BCUT2D eigenvalue weighted by atomic mass is 10.3. The molecule has 1 rings (SSSR count). The Labute approximate surface area is 114 Å². The van der Waals surface area contributed by atoms with Crippen molar-refractivity contribution in [2.45, 2.75) is 6.10 Å². The maximum atomic E-state index is 11.3. The number of alkyl halides is 1. The number of thioether (sulfide) groups is 1. The number of imide groups is 1. The standard InChI is InChI=1S/C12H10ClNO3S/c13-9-11(15)14-12(16)17-10-5-2-1-3-7-18-8-4-6-10/h2,5,10H,7-9H2,(H,14,15,16)/b5-2-. The predicted octanol–water partition coefficient (Wildman–Crippen LogP) is 1.16. The molecular weight excluding hydrogens is 274 g/mol. The number of ether oxygens (including phenoxy) is 1. The average Bonchev–Trinajstić information content (AvgIpc) is 2.36. The summed E-state index contributed by atoms with van der Waals surface area (Å²) < 4.78 is 4.93. The van der Waals surface area contributed by atoms with E-state index in [0.29, 0.717) is 5.75 Å². The third kappa shape index (κ3) is 6.24. The normalized spacial score (nSPS) is 19.3. The van der Waals surface area contributed by atoms with E-state index in [9.17, 15) is 9.59 Å². The molecule has 0 saturated carbocycles. The molecule has 6 heteroatoms. The molecule has 1 unspecified atom stereocenters. The fourth-order valence-electron chi connectivity index (χ4n) is 0.940. The van der Waals surface area contributed by atoms with Crippen LogP contribution >= 0.6 is 23.4 Å². The maximum Gasteiger partial charge on any atom is 0.415 e. The van der Waals surface area contributed by atoms with Gasteiger partial charge in [0.15, 0.2) is 6.10 Å². The van der Waals surface area contributed by atoms with Crippen molar-refractivity contribution in [2.75, 3.05) is 17.4 Å². The van der Waals surface area contributed by atoms with E-state index in [1.54, 1.807) is 23.9 Å². The van der Waals surface area contributed by atoms with Crippen LogP contribution in [0, 0.1) is 23.7 Å². The topological polar surface area (TPSA) is 55.4 Å². The van der Waals surface area contributed by atoms with E-state index in [-0.39, 0.29) is 5.88 Å². The molecule has 0 aliphatic carbocycles. The molecule has 94 valence electrons. The van der Waals surface area contributed by atoms with E-state index < -0.39 is 18.1 Å². The van der Waals surface area contributed by atoms with Gasteiger partial charge in [-0.25, -0.2) is 4.79 Å². The summed E-state index contributed by atoms with van der Waals surface area (Å²) in [6.45, 7) is 0. The first-order chi connectivity index (χ1) is 8.72. The second-order valence-electron chi connectivity index (χ2n) is 3.00. The first kappa shape index (κ1) is 14.5. The highest BCUT2D eigenvalue weighted by Gasteiger charge is 2.11. The number of carbonyl (C=O) groups is 2. The van der Waals surface area contributed by atoms with Crippen molar-refractivity contribution in [1.29, 1.82) is 0 Å². The lowest BCUT2D eigenvalue weighted by molar-refractivity contribution is -0.118. The van der Waals surface area contributed by atoms with Gasteiger partial charge in [-0.05, 0) is 12.2 Å². The van der Waals surface area contributed by atoms with Crippen LogP contribution in [-0.2, 0) is 9.53 Å². The van der Waals surface area contributed by atoms with Crippen LogP contribution in [0.4, 0.5) is 4.79 Å². The predicted molar refractivity (Wildman–Crippen MR) is 71.1 cm³/mol. The molecule has 1 aliphatic rings. The molecule has 4 nitrogen and oxygen atoms in total. The van der Waals surface area contributed by atoms with E-state index in [1.807, 2.05) is 5.32 Å². The minimum Gasteiger partial charge on any atom is -0.428 e. The molecule has 0 aromatic rings. The number of nitrogens with one attached hydrogen (secondary N) is 1. The zero-order valence-electron chi connectivity index (χ0n) is 9.36. The molecule has 0 aromatic heterocycles. The summed E-state index contributed by atoms with van der Waals surface area (Å²) >= 11 is 6.82. The Morgan fingerprint density at radius 2 is 2.22 bits per heavy atom. The smallest absolute Gasteiger partial charge is 0.415 e. The Hall–Kier alpha value is -1.56. The molecule has 0 bridgehead atoms. The Balaban J connectivity index is 2.58. The Morgan fingerprint density at radius 1 is 1.44 bits per heavy atom. The quantitative estimate of drug-likeness (QED) is 0.610. The van der Waals surface area contributed by atoms with Crippen LogP contribution in [0.1, 0.15) is 0 Å². The van der Waals surface area contributed by atoms with Gasteiger partial charge in [0, 0.05) is 0 Å². The average molecular weight is 284 g/mol. The van der Waals surface area contributed by atoms with Crippen LogP contribution in [0.3, 0.4) is 0 Å². The van der Waals surface area contributed by atoms with Gasteiger partial charge in [-0.1, -0.05) is 23.7 Å². The van der Waals surface area contributed by atoms with E-state index in [4.69, 9.17) is 16.3 Å². The second kappa shape index (κ2) is 8.52. The zero-order valence-corrected chi connectivity index (χ0v) is 10.9. The fraction of sp³-hybridized carbons (Fsp3) is 0.333. The monoisotopic (exact) mass is 283 g/mol. The van der Waals surface area contributed by atoms with Gasteiger partial charge < -0.3 is 4.74 Å². The van der Waals surface area contributed by atoms with Crippen LogP contribution in [-0.4, -0.2) is 35.5 Å². The molecule has 1 heterocycles. The van der Waals surface area contributed by atoms with Gasteiger partial charge >= 0.3 is 6.09 Å². The van der Waals surface area contributed by atoms with Gasteiger partial charge in [0.1, 0.15) is 5.88 Å². The lowest BCUT2D eigenvalue weighted by Gasteiger charge is -2.08. The van der Waals surface area contributed by atoms with Gasteiger partial charge in [0.25, 0.3) is 0 Å². The van der Waals surface area contributed by atoms with Crippen LogP contribution in [0.2, 0.25) is 0 Å². The Kier molecular flexibility index (Phi) is 6.86. The number of alkyl carbamates (subject to hydrolysis) is 1. The molecule has 1 N–H and O–H groups in total. The number of allylic oxidation sites excluding steroid dienone is 1. The minimum absolute atomic E-state index is 0.302. The van der Waals surface area contributed by atoms with Gasteiger partial charge in [0.2, 0.25) is 5.91 Å². The van der Waals surface area contributed by atoms with Gasteiger partial charge in [0.05, 0.1) is 11.5 Å². The SMILES string of the molecule is O=C(CCl)NC(=O)OC1C#CCSCC#C/C=C\1. The van der Waals surface area contributed by atoms with Gasteiger partial charge in [-0.3, -0.25) is 10.1 Å². The van der Waals surface area contributed by atoms with E-state index >= 15 is 0 Å². The van der Waals surface area contributed by atoms with Crippen molar-refractivity contribution in [3.05, 3.63) is 12.2 Å². The summed E-state index contributed by atoms with van der Waals surface area (Å²) in [5, 5.41) is 1.97. The van der Waals surface area contributed by atoms with Crippen molar-refractivity contribution in [1.82, 2.24) is 5.32 Å². The third-order valence-electron chi connectivity index (χ3n) is 1.65. The van der Waals surface area contributed by atoms with Crippen molar-refractivity contribution in [2.24, 2.45) is 0 Å². The molecule has 0 saturated heterocycles. The molecule has 0 aromatic carbocycles. The zero-order chi connectivity index (χ0) is 13.2. The minimum atomic E-state index is -0.873. The van der Waals surface area contributed by atoms with Crippen molar-refractivity contribution in [3.63, 3.8) is 0 Å². The summed E-state index contributed by atoms with van der Waals surface area (Å²) in [6.07, 6.45) is 1.53. The first-order valence-electron chi connectivity index (χ1n) is 5.00. The molecule has 0 spiro atoms.